The quantitative estimate of drug-likeness (QED) is 0.575. The summed E-state index contributed by atoms with van der Waals surface area (Å²) in [5.41, 5.74) is 2.42. The molecule has 0 radical (unpaired) electrons. The Morgan fingerprint density at radius 1 is 1.10 bits per heavy atom. The van der Waals surface area contributed by atoms with Crippen LogP contribution < -0.4 is 4.90 Å². The highest BCUT2D eigenvalue weighted by atomic mass is 32.1. The van der Waals surface area contributed by atoms with Crippen LogP contribution in [-0.2, 0) is 16.0 Å². The monoisotopic (exact) mass is 438 g/mol. The van der Waals surface area contributed by atoms with Crippen LogP contribution in [0.3, 0.4) is 0 Å². The number of hydrogen-bond acceptors (Lipinski definition) is 7. The van der Waals surface area contributed by atoms with Gasteiger partial charge in [-0.2, -0.15) is 0 Å². The van der Waals surface area contributed by atoms with Gasteiger partial charge in [0.25, 0.3) is 0 Å². The van der Waals surface area contributed by atoms with E-state index in [2.05, 4.69) is 52.6 Å². The van der Waals surface area contributed by atoms with Gasteiger partial charge in [-0.15, -0.1) is 11.3 Å². The summed E-state index contributed by atoms with van der Waals surface area (Å²) in [7, 11) is 2.14. The van der Waals surface area contributed by atoms with Crippen LogP contribution in [0.2, 0.25) is 0 Å². The summed E-state index contributed by atoms with van der Waals surface area (Å²) in [6, 6.07) is 10.6. The van der Waals surface area contributed by atoms with E-state index >= 15 is 0 Å². The van der Waals surface area contributed by atoms with Crippen molar-refractivity contribution in [3.8, 4) is 11.1 Å². The van der Waals surface area contributed by atoms with E-state index in [-0.39, 0.29) is 6.10 Å². The van der Waals surface area contributed by atoms with Gasteiger partial charge in [0.2, 0.25) is 0 Å². The molecule has 2 saturated heterocycles. The van der Waals surface area contributed by atoms with E-state index in [9.17, 15) is 0 Å². The Kier molecular flexibility index (Phi) is 6.45. The predicted octanol–water partition coefficient (Wildman–Crippen LogP) is 4.20. The number of anilines is 1. The predicted molar refractivity (Wildman–Crippen MR) is 126 cm³/mol. The van der Waals surface area contributed by atoms with E-state index in [0.717, 1.165) is 74.3 Å². The van der Waals surface area contributed by atoms with Crippen molar-refractivity contribution in [3.05, 3.63) is 41.5 Å². The molecular formula is C24H30N4O2S. The molecule has 0 N–H and O–H groups in total. The molecular weight excluding hydrogens is 408 g/mol. The van der Waals surface area contributed by atoms with Crippen LogP contribution in [0.15, 0.2) is 35.7 Å². The minimum absolute atomic E-state index is 0.269. The fraction of sp³-hybridized carbons (Fsp3) is 0.500. The Labute approximate surface area is 187 Å². The topological polar surface area (TPSA) is 50.7 Å². The molecule has 0 spiro atoms. The SMILES string of the molecule is CN(CC1CCCCO1)c1nc(CN2CCOCC2)nc2scc(-c3ccccc3)c12. The van der Waals surface area contributed by atoms with Crippen LogP contribution >= 0.6 is 11.3 Å². The molecule has 164 valence electrons. The van der Waals surface area contributed by atoms with E-state index in [1.807, 2.05) is 0 Å². The Hall–Kier alpha value is -2.06. The van der Waals surface area contributed by atoms with Gasteiger partial charge in [0.15, 0.2) is 0 Å². The molecule has 0 bridgehead atoms. The number of aromatic nitrogens is 2. The summed E-state index contributed by atoms with van der Waals surface area (Å²) in [5, 5.41) is 3.38. The summed E-state index contributed by atoms with van der Waals surface area (Å²) in [4.78, 5) is 15.8. The maximum Gasteiger partial charge on any atom is 0.146 e. The molecule has 4 heterocycles. The van der Waals surface area contributed by atoms with Crippen molar-refractivity contribution in [2.24, 2.45) is 0 Å². The van der Waals surface area contributed by atoms with Gasteiger partial charge >= 0.3 is 0 Å². The van der Waals surface area contributed by atoms with E-state index in [0.29, 0.717) is 0 Å². The summed E-state index contributed by atoms with van der Waals surface area (Å²) in [6.07, 6.45) is 3.80. The Morgan fingerprint density at radius 2 is 1.94 bits per heavy atom. The second-order valence-electron chi connectivity index (χ2n) is 8.42. The third-order valence-electron chi connectivity index (χ3n) is 6.13. The number of likely N-dealkylation sites (N-methyl/N-ethyl adjacent to an activating group) is 1. The lowest BCUT2D eigenvalue weighted by Crippen LogP contribution is -2.36. The molecule has 0 aliphatic carbocycles. The van der Waals surface area contributed by atoms with Gasteiger partial charge in [-0.05, 0) is 24.8 Å². The first-order chi connectivity index (χ1) is 15.3. The molecule has 7 heteroatoms. The molecule has 1 aromatic carbocycles. The fourth-order valence-corrected chi connectivity index (χ4v) is 5.41. The number of nitrogens with zero attached hydrogens (tertiary/aromatic N) is 4. The van der Waals surface area contributed by atoms with E-state index in [1.54, 1.807) is 11.3 Å². The first kappa shape index (κ1) is 20.8. The number of fused-ring (bicyclic) bond motifs is 1. The summed E-state index contributed by atoms with van der Waals surface area (Å²) in [5.74, 6) is 1.91. The summed E-state index contributed by atoms with van der Waals surface area (Å²) >= 11 is 1.71. The maximum atomic E-state index is 6.03. The van der Waals surface area contributed by atoms with Crippen molar-refractivity contribution in [2.45, 2.75) is 31.9 Å². The molecule has 1 unspecified atom stereocenters. The van der Waals surface area contributed by atoms with Crippen LogP contribution in [0.5, 0.6) is 0 Å². The van der Waals surface area contributed by atoms with Crippen molar-refractivity contribution < 1.29 is 9.47 Å². The Morgan fingerprint density at radius 3 is 2.71 bits per heavy atom. The van der Waals surface area contributed by atoms with Crippen LogP contribution in [0.25, 0.3) is 21.3 Å². The minimum Gasteiger partial charge on any atom is -0.379 e. The van der Waals surface area contributed by atoms with Gasteiger partial charge in [0.05, 0.1) is 31.2 Å². The molecule has 2 fully saturated rings. The Bertz CT molecular complexity index is 997. The zero-order valence-electron chi connectivity index (χ0n) is 18.1. The third-order valence-corrected chi connectivity index (χ3v) is 7.00. The highest BCUT2D eigenvalue weighted by Crippen LogP contribution is 2.38. The molecule has 0 saturated carbocycles. The number of hydrogen-bond donors (Lipinski definition) is 0. The number of ether oxygens (including phenoxy) is 2. The molecule has 2 aliphatic heterocycles. The van der Waals surface area contributed by atoms with Crippen molar-refractivity contribution in [3.63, 3.8) is 0 Å². The summed E-state index contributed by atoms with van der Waals surface area (Å²) in [6.45, 7) is 5.92. The molecule has 6 nitrogen and oxygen atoms in total. The number of thiophene rings is 1. The van der Waals surface area contributed by atoms with Crippen LogP contribution in [0.4, 0.5) is 5.82 Å². The third kappa shape index (κ3) is 4.75. The second-order valence-corrected chi connectivity index (χ2v) is 9.27. The molecule has 0 amide bonds. The lowest BCUT2D eigenvalue weighted by Gasteiger charge is -2.29. The van der Waals surface area contributed by atoms with Crippen molar-refractivity contribution >= 4 is 27.4 Å². The number of morpholine rings is 1. The normalized spacial score (nSPS) is 20.2. The standard InChI is InChI=1S/C24H30N4O2S/c1-27(15-19-9-5-6-12-30-19)23-22-20(18-7-3-2-4-8-18)17-31-24(22)26-21(25-23)16-28-10-13-29-14-11-28/h2-4,7-8,17,19H,5-6,9-16H2,1H3. The smallest absolute Gasteiger partial charge is 0.146 e. The van der Waals surface area contributed by atoms with Gasteiger partial charge in [0.1, 0.15) is 16.5 Å². The first-order valence-electron chi connectivity index (χ1n) is 11.2. The molecule has 5 rings (SSSR count). The zero-order valence-corrected chi connectivity index (χ0v) is 18.9. The van der Waals surface area contributed by atoms with E-state index in [1.165, 1.54) is 24.0 Å². The van der Waals surface area contributed by atoms with Gasteiger partial charge in [-0.25, -0.2) is 9.97 Å². The first-order valence-corrected chi connectivity index (χ1v) is 12.1. The highest BCUT2D eigenvalue weighted by molar-refractivity contribution is 7.17. The van der Waals surface area contributed by atoms with Gasteiger partial charge in [-0.3, -0.25) is 4.90 Å². The molecule has 31 heavy (non-hydrogen) atoms. The van der Waals surface area contributed by atoms with E-state index < -0.39 is 0 Å². The highest BCUT2D eigenvalue weighted by Gasteiger charge is 2.23. The minimum atomic E-state index is 0.269. The zero-order chi connectivity index (χ0) is 21.0. The maximum absolute atomic E-state index is 6.03. The number of rotatable bonds is 6. The number of benzene rings is 1. The largest absolute Gasteiger partial charge is 0.379 e. The van der Waals surface area contributed by atoms with Crippen molar-refractivity contribution in [1.29, 1.82) is 0 Å². The molecule has 2 aromatic heterocycles. The van der Waals surface area contributed by atoms with Crippen LogP contribution in [-0.4, -0.2) is 67.5 Å². The average molecular weight is 439 g/mol. The lowest BCUT2D eigenvalue weighted by molar-refractivity contribution is 0.0215. The Balaban J connectivity index is 1.52. The fourth-order valence-electron chi connectivity index (χ4n) is 4.45. The lowest BCUT2D eigenvalue weighted by atomic mass is 10.1. The van der Waals surface area contributed by atoms with Crippen molar-refractivity contribution in [1.82, 2.24) is 14.9 Å². The molecule has 3 aromatic rings. The summed E-state index contributed by atoms with van der Waals surface area (Å²) < 4.78 is 11.5. The van der Waals surface area contributed by atoms with Crippen LogP contribution in [0, 0.1) is 0 Å². The molecule has 2 aliphatic rings. The second kappa shape index (κ2) is 9.61. The van der Waals surface area contributed by atoms with Gasteiger partial charge in [-0.1, -0.05) is 30.3 Å². The molecule has 1 atom stereocenters. The van der Waals surface area contributed by atoms with Gasteiger partial charge in [0, 0.05) is 44.2 Å². The van der Waals surface area contributed by atoms with E-state index in [4.69, 9.17) is 19.4 Å². The van der Waals surface area contributed by atoms with Crippen molar-refractivity contribution in [2.75, 3.05) is 51.4 Å². The van der Waals surface area contributed by atoms with Crippen LogP contribution in [0.1, 0.15) is 25.1 Å². The average Bonchev–Trinajstić information content (AvgIpc) is 3.24. The van der Waals surface area contributed by atoms with Gasteiger partial charge < -0.3 is 14.4 Å².